The van der Waals surface area contributed by atoms with Gasteiger partial charge in [0.2, 0.25) is 0 Å². The molecule has 2 aromatic rings. The summed E-state index contributed by atoms with van der Waals surface area (Å²) in [5.74, 6) is -2.70. The van der Waals surface area contributed by atoms with E-state index in [1.54, 1.807) is 42.5 Å². The second kappa shape index (κ2) is 4.16. The Hall–Kier alpha value is -2.23. The van der Waals surface area contributed by atoms with Crippen molar-refractivity contribution in [3.05, 3.63) is 59.7 Å². The number of hydrogen-bond acceptors (Lipinski definition) is 2. The van der Waals surface area contributed by atoms with Gasteiger partial charge in [0.15, 0.2) is 0 Å². The highest BCUT2D eigenvalue weighted by Gasteiger charge is 2.45. The largest absolute Gasteiger partial charge is 0.496 e. The van der Waals surface area contributed by atoms with Crippen LogP contribution in [-0.2, 0) is 5.92 Å². The third-order valence-corrected chi connectivity index (χ3v) is 3.13. The summed E-state index contributed by atoms with van der Waals surface area (Å²) >= 11 is 0. The first kappa shape index (κ1) is 11.8. The number of alkyl halides is 2. The Morgan fingerprint density at radius 1 is 1.00 bits per heavy atom. The summed E-state index contributed by atoms with van der Waals surface area (Å²) in [7, 11) is 1.46. The van der Waals surface area contributed by atoms with E-state index in [0.29, 0.717) is 17.0 Å². The van der Waals surface area contributed by atoms with Crippen LogP contribution in [0, 0.1) is 0 Å². The maximum absolute atomic E-state index is 14.4. The van der Waals surface area contributed by atoms with Crippen molar-refractivity contribution < 1.29 is 13.5 Å². The lowest BCUT2D eigenvalue weighted by atomic mass is 9.99. The molecule has 3 rings (SSSR count). The quantitative estimate of drug-likeness (QED) is 0.801. The minimum atomic E-state index is -3.09. The van der Waals surface area contributed by atoms with Crippen molar-refractivity contribution in [3.63, 3.8) is 0 Å². The van der Waals surface area contributed by atoms with E-state index in [-0.39, 0.29) is 11.3 Å². The molecular formula is C15H11F2NO. The molecule has 0 amide bonds. The Morgan fingerprint density at radius 2 is 1.68 bits per heavy atom. The highest BCUT2D eigenvalue weighted by atomic mass is 19.3. The van der Waals surface area contributed by atoms with E-state index in [1.807, 2.05) is 0 Å². The molecule has 0 fully saturated rings. The number of nitrogens with zero attached hydrogens (tertiary/aromatic N) is 1. The Bertz CT molecular complexity index is 665. The van der Waals surface area contributed by atoms with Crippen LogP contribution in [0.2, 0.25) is 0 Å². The van der Waals surface area contributed by atoms with Crippen molar-refractivity contribution >= 4 is 11.4 Å². The van der Waals surface area contributed by atoms with E-state index in [1.165, 1.54) is 13.2 Å². The van der Waals surface area contributed by atoms with Crippen molar-refractivity contribution in [2.45, 2.75) is 5.92 Å². The fourth-order valence-electron chi connectivity index (χ4n) is 2.22. The molecule has 0 N–H and O–H groups in total. The van der Waals surface area contributed by atoms with Gasteiger partial charge >= 0.3 is 5.92 Å². The van der Waals surface area contributed by atoms with Gasteiger partial charge in [0.05, 0.1) is 18.4 Å². The number of benzene rings is 2. The highest BCUT2D eigenvalue weighted by molar-refractivity contribution is 6.12. The Labute approximate surface area is 109 Å². The van der Waals surface area contributed by atoms with Gasteiger partial charge < -0.3 is 4.74 Å². The van der Waals surface area contributed by atoms with Gasteiger partial charge in [-0.1, -0.05) is 30.3 Å². The first-order valence-electron chi connectivity index (χ1n) is 5.84. The molecule has 0 saturated carbocycles. The molecule has 1 aliphatic heterocycles. The molecule has 0 aromatic heterocycles. The fourth-order valence-corrected chi connectivity index (χ4v) is 2.22. The number of para-hydroxylation sites is 2. The van der Waals surface area contributed by atoms with Gasteiger partial charge in [-0.3, -0.25) is 0 Å². The van der Waals surface area contributed by atoms with Crippen LogP contribution in [0.4, 0.5) is 14.5 Å². The molecule has 1 heterocycles. The van der Waals surface area contributed by atoms with E-state index >= 15 is 0 Å². The zero-order valence-electron chi connectivity index (χ0n) is 10.2. The summed E-state index contributed by atoms with van der Waals surface area (Å²) in [4.78, 5) is 4.07. The molecule has 19 heavy (non-hydrogen) atoms. The average Bonchev–Trinajstić information content (AvgIpc) is 2.71. The van der Waals surface area contributed by atoms with Crippen LogP contribution in [0.3, 0.4) is 0 Å². The average molecular weight is 259 g/mol. The topological polar surface area (TPSA) is 21.6 Å². The van der Waals surface area contributed by atoms with Gasteiger partial charge in [-0.25, -0.2) is 4.99 Å². The van der Waals surface area contributed by atoms with Gasteiger partial charge in [0.1, 0.15) is 11.5 Å². The Kier molecular flexibility index (Phi) is 2.59. The summed E-state index contributed by atoms with van der Waals surface area (Å²) in [5, 5.41) is 0. The van der Waals surface area contributed by atoms with Gasteiger partial charge in [-0.15, -0.1) is 0 Å². The molecule has 1 aliphatic rings. The summed E-state index contributed by atoms with van der Waals surface area (Å²) in [6, 6.07) is 13.0. The molecule has 4 heteroatoms. The molecule has 0 radical (unpaired) electrons. The first-order valence-corrected chi connectivity index (χ1v) is 5.84. The molecule has 0 unspecified atom stereocenters. The summed E-state index contributed by atoms with van der Waals surface area (Å²) < 4.78 is 34.0. The fraction of sp³-hybridized carbons (Fsp3) is 0.133. The van der Waals surface area contributed by atoms with Crippen LogP contribution in [0.1, 0.15) is 11.1 Å². The number of fused-ring (bicyclic) bond motifs is 1. The molecular weight excluding hydrogens is 248 g/mol. The minimum absolute atomic E-state index is 0.0593. The number of rotatable bonds is 2. The predicted molar refractivity (Wildman–Crippen MR) is 69.5 cm³/mol. The van der Waals surface area contributed by atoms with E-state index in [9.17, 15) is 8.78 Å². The van der Waals surface area contributed by atoms with Gasteiger partial charge in [-0.2, -0.15) is 8.78 Å². The number of aliphatic imine (C=N–C) groups is 1. The van der Waals surface area contributed by atoms with Gasteiger partial charge in [-0.05, 0) is 18.2 Å². The summed E-state index contributed by atoms with van der Waals surface area (Å²) in [5.41, 5.74) is 0.321. The van der Waals surface area contributed by atoms with E-state index in [4.69, 9.17) is 4.74 Å². The SMILES string of the molecule is COc1ccccc1C1=Nc2ccccc2C1(F)F. The Morgan fingerprint density at radius 3 is 2.42 bits per heavy atom. The smallest absolute Gasteiger partial charge is 0.317 e. The lowest BCUT2D eigenvalue weighted by Crippen LogP contribution is -2.23. The van der Waals surface area contributed by atoms with E-state index in [2.05, 4.69) is 4.99 Å². The van der Waals surface area contributed by atoms with Crippen LogP contribution in [0.15, 0.2) is 53.5 Å². The van der Waals surface area contributed by atoms with Crippen LogP contribution < -0.4 is 4.74 Å². The van der Waals surface area contributed by atoms with Crippen molar-refractivity contribution in [2.24, 2.45) is 4.99 Å². The molecule has 2 nitrogen and oxygen atoms in total. The number of hydrogen-bond donors (Lipinski definition) is 0. The van der Waals surface area contributed by atoms with Crippen molar-refractivity contribution in [3.8, 4) is 5.75 Å². The van der Waals surface area contributed by atoms with Crippen molar-refractivity contribution in [2.75, 3.05) is 7.11 Å². The number of halogens is 2. The molecule has 96 valence electrons. The van der Waals surface area contributed by atoms with Gasteiger partial charge in [0, 0.05) is 5.56 Å². The normalized spacial score (nSPS) is 15.8. The predicted octanol–water partition coefficient (Wildman–Crippen LogP) is 3.92. The molecule has 0 spiro atoms. The second-order valence-corrected chi connectivity index (χ2v) is 4.25. The van der Waals surface area contributed by atoms with Crippen LogP contribution in [-0.4, -0.2) is 12.8 Å². The second-order valence-electron chi connectivity index (χ2n) is 4.25. The number of methoxy groups -OCH3 is 1. The lowest BCUT2D eigenvalue weighted by Gasteiger charge is -2.15. The first-order chi connectivity index (χ1) is 9.14. The molecule has 0 atom stereocenters. The highest BCUT2D eigenvalue weighted by Crippen LogP contribution is 2.45. The minimum Gasteiger partial charge on any atom is -0.496 e. The maximum Gasteiger partial charge on any atom is 0.317 e. The summed E-state index contributed by atoms with van der Waals surface area (Å²) in [6.07, 6.45) is 0. The third kappa shape index (κ3) is 1.71. The standard InChI is InChI=1S/C15H11F2NO/c1-19-13-9-5-2-6-10(13)14-15(16,17)11-7-3-4-8-12(11)18-14/h2-9H,1H3. The van der Waals surface area contributed by atoms with Crippen LogP contribution >= 0.6 is 0 Å². The molecule has 0 bridgehead atoms. The monoisotopic (exact) mass is 259 g/mol. The molecule has 0 saturated heterocycles. The van der Waals surface area contributed by atoms with Crippen LogP contribution in [0.5, 0.6) is 5.75 Å². The molecule has 0 aliphatic carbocycles. The molecule has 2 aromatic carbocycles. The number of ether oxygens (including phenoxy) is 1. The third-order valence-electron chi connectivity index (χ3n) is 3.13. The van der Waals surface area contributed by atoms with Crippen molar-refractivity contribution in [1.29, 1.82) is 0 Å². The maximum atomic E-state index is 14.4. The van der Waals surface area contributed by atoms with Gasteiger partial charge in [0.25, 0.3) is 0 Å². The van der Waals surface area contributed by atoms with Crippen molar-refractivity contribution in [1.82, 2.24) is 0 Å². The lowest BCUT2D eigenvalue weighted by molar-refractivity contribution is 0.0809. The van der Waals surface area contributed by atoms with E-state index in [0.717, 1.165) is 0 Å². The van der Waals surface area contributed by atoms with Crippen LogP contribution in [0.25, 0.3) is 0 Å². The Balaban J connectivity index is 2.18. The van der Waals surface area contributed by atoms with E-state index < -0.39 is 5.92 Å². The zero-order chi connectivity index (χ0) is 13.5. The summed E-state index contributed by atoms with van der Waals surface area (Å²) in [6.45, 7) is 0. The zero-order valence-corrected chi connectivity index (χ0v) is 10.2.